The summed E-state index contributed by atoms with van der Waals surface area (Å²) in [6, 6.07) is 7.13. The average molecular weight is 441 g/mol. The van der Waals surface area contributed by atoms with Gasteiger partial charge in [-0.2, -0.15) is 4.98 Å². The van der Waals surface area contributed by atoms with Crippen LogP contribution in [-0.2, 0) is 17.8 Å². The van der Waals surface area contributed by atoms with Crippen LogP contribution in [0.15, 0.2) is 28.8 Å². The number of hydrogen-bond acceptors (Lipinski definition) is 6. The molecule has 2 heterocycles. The quantitative estimate of drug-likeness (QED) is 0.708. The van der Waals surface area contributed by atoms with E-state index in [0.717, 1.165) is 38.8 Å². The zero-order valence-corrected chi connectivity index (χ0v) is 18.7. The molecule has 0 atom stereocenters. The van der Waals surface area contributed by atoms with E-state index in [4.69, 9.17) is 9.26 Å². The number of hydrogen-bond donors (Lipinski definition) is 1. The molecule has 1 aliphatic heterocycles. The summed E-state index contributed by atoms with van der Waals surface area (Å²) in [5.74, 6) is 2.15. The Hall–Kier alpha value is -2.90. The van der Waals surface area contributed by atoms with Gasteiger partial charge in [-0.15, -0.1) is 0 Å². The number of benzene rings is 1. The minimum Gasteiger partial charge on any atom is -0.485 e. The zero-order valence-electron chi connectivity index (χ0n) is 18.7. The molecule has 2 fully saturated rings. The van der Waals surface area contributed by atoms with E-state index in [2.05, 4.69) is 15.5 Å². The van der Waals surface area contributed by atoms with Crippen molar-refractivity contribution in [2.45, 2.75) is 70.9 Å². The molecule has 8 heteroatoms. The van der Waals surface area contributed by atoms with Crippen molar-refractivity contribution < 1.29 is 18.8 Å². The number of carbonyl (C=O) groups is 2. The van der Waals surface area contributed by atoms with Crippen LogP contribution in [0.5, 0.6) is 5.75 Å². The van der Waals surface area contributed by atoms with Gasteiger partial charge in [-0.3, -0.25) is 9.59 Å². The molecule has 32 heavy (non-hydrogen) atoms. The van der Waals surface area contributed by atoms with Crippen LogP contribution < -0.4 is 10.1 Å². The molecule has 2 aliphatic rings. The van der Waals surface area contributed by atoms with E-state index in [1.54, 1.807) is 24.3 Å². The third kappa shape index (κ3) is 5.66. The minimum atomic E-state index is -0.0978. The fourth-order valence-corrected chi connectivity index (χ4v) is 4.46. The maximum absolute atomic E-state index is 12.7. The Kier molecular flexibility index (Phi) is 7.39. The molecule has 172 valence electrons. The zero-order chi connectivity index (χ0) is 22.3. The molecule has 2 aromatic rings. The normalized spacial score (nSPS) is 17.8. The highest BCUT2D eigenvalue weighted by molar-refractivity contribution is 5.94. The largest absolute Gasteiger partial charge is 0.485 e. The average Bonchev–Trinajstić information content (AvgIpc) is 3.32. The van der Waals surface area contributed by atoms with Crippen LogP contribution in [-0.4, -0.2) is 46.0 Å². The molecule has 2 amide bonds. The summed E-state index contributed by atoms with van der Waals surface area (Å²) < 4.78 is 10.7. The van der Waals surface area contributed by atoms with Crippen LogP contribution in [0.25, 0.3) is 0 Å². The number of likely N-dealkylation sites (tertiary alicyclic amines) is 1. The second kappa shape index (κ2) is 10.6. The molecule has 1 saturated heterocycles. The third-order valence-corrected chi connectivity index (χ3v) is 6.39. The van der Waals surface area contributed by atoms with Crippen molar-refractivity contribution in [1.82, 2.24) is 20.4 Å². The molecule has 1 saturated carbocycles. The molecular weight excluding hydrogens is 408 g/mol. The van der Waals surface area contributed by atoms with Gasteiger partial charge in [0.2, 0.25) is 17.6 Å². The molecule has 8 nitrogen and oxygen atoms in total. The number of aryl methyl sites for hydroxylation is 1. The first-order valence-corrected chi connectivity index (χ1v) is 11.8. The third-order valence-electron chi connectivity index (χ3n) is 6.39. The summed E-state index contributed by atoms with van der Waals surface area (Å²) in [4.78, 5) is 31.6. The number of amides is 2. The Morgan fingerprint density at radius 1 is 1.09 bits per heavy atom. The molecule has 1 N–H and O–H groups in total. The van der Waals surface area contributed by atoms with E-state index in [-0.39, 0.29) is 24.5 Å². The van der Waals surface area contributed by atoms with Gasteiger partial charge in [0.05, 0.1) is 0 Å². The van der Waals surface area contributed by atoms with Crippen molar-refractivity contribution in [3.63, 3.8) is 0 Å². The topological polar surface area (TPSA) is 97.6 Å². The predicted molar refractivity (Wildman–Crippen MR) is 118 cm³/mol. The van der Waals surface area contributed by atoms with Gasteiger partial charge in [-0.1, -0.05) is 31.3 Å². The van der Waals surface area contributed by atoms with Crippen molar-refractivity contribution in [2.75, 3.05) is 13.1 Å². The van der Waals surface area contributed by atoms with E-state index >= 15 is 0 Å². The maximum Gasteiger partial charge on any atom is 0.251 e. The van der Waals surface area contributed by atoms with E-state index in [1.165, 1.54) is 19.3 Å². The van der Waals surface area contributed by atoms with Gasteiger partial charge >= 0.3 is 0 Å². The number of aromatic nitrogens is 2. The van der Waals surface area contributed by atoms with Crippen molar-refractivity contribution in [3.8, 4) is 5.75 Å². The number of nitrogens with zero attached hydrogens (tertiary/aromatic N) is 3. The Bertz CT molecular complexity index is 897. The van der Waals surface area contributed by atoms with Gasteiger partial charge in [-0.05, 0) is 49.9 Å². The summed E-state index contributed by atoms with van der Waals surface area (Å²) in [6.07, 6.45) is 7.95. The van der Waals surface area contributed by atoms with Gasteiger partial charge in [0.1, 0.15) is 5.75 Å². The Labute approximate surface area is 188 Å². The molecular formula is C24H32N4O4. The Morgan fingerprint density at radius 2 is 1.81 bits per heavy atom. The minimum absolute atomic E-state index is 0.0971. The van der Waals surface area contributed by atoms with Crippen LogP contribution in [0, 0.1) is 5.92 Å². The molecule has 1 aromatic carbocycles. The Morgan fingerprint density at radius 3 is 2.47 bits per heavy atom. The number of carbonyl (C=O) groups excluding carboxylic acids is 2. The van der Waals surface area contributed by atoms with Gasteiger partial charge in [0.25, 0.3) is 5.91 Å². The molecule has 4 rings (SSSR count). The maximum atomic E-state index is 12.7. The number of piperidine rings is 1. The molecule has 0 bridgehead atoms. The lowest BCUT2D eigenvalue weighted by Gasteiger charge is -2.35. The second-order valence-corrected chi connectivity index (χ2v) is 8.68. The highest BCUT2D eigenvalue weighted by Gasteiger charge is 2.29. The van der Waals surface area contributed by atoms with Crippen molar-refractivity contribution in [2.24, 2.45) is 5.92 Å². The van der Waals surface area contributed by atoms with Gasteiger partial charge in [-0.25, -0.2) is 0 Å². The standard InChI is InChI=1S/C24H32N4O4/c1-2-22-26-21(27-32-22)16-31-20-10-8-17(9-11-20)23(29)25-19-12-14-28(15-13-19)24(30)18-6-4-3-5-7-18/h8-11,18-19H,2-7,12-16H2,1H3,(H,25,29). The SMILES string of the molecule is CCc1nc(COc2ccc(C(=O)NC3CCN(C(=O)C4CCCCC4)CC3)cc2)no1. The van der Waals surface area contributed by atoms with E-state index < -0.39 is 0 Å². The lowest BCUT2D eigenvalue weighted by atomic mass is 9.87. The summed E-state index contributed by atoms with van der Waals surface area (Å²) in [5.41, 5.74) is 0.589. The van der Waals surface area contributed by atoms with Crippen LogP contribution in [0.2, 0.25) is 0 Å². The van der Waals surface area contributed by atoms with Gasteiger partial charge in [0.15, 0.2) is 6.61 Å². The first-order valence-electron chi connectivity index (χ1n) is 11.8. The van der Waals surface area contributed by atoms with E-state index in [1.807, 2.05) is 11.8 Å². The predicted octanol–water partition coefficient (Wildman–Crippen LogP) is 3.51. The van der Waals surface area contributed by atoms with Crippen LogP contribution in [0.3, 0.4) is 0 Å². The highest BCUT2D eigenvalue weighted by atomic mass is 16.5. The Balaban J connectivity index is 1.21. The second-order valence-electron chi connectivity index (χ2n) is 8.68. The molecule has 1 aliphatic carbocycles. The molecule has 0 radical (unpaired) electrons. The smallest absolute Gasteiger partial charge is 0.251 e. The van der Waals surface area contributed by atoms with Gasteiger partial charge < -0.3 is 19.5 Å². The summed E-state index contributed by atoms with van der Waals surface area (Å²) in [5, 5.41) is 6.97. The molecule has 1 aromatic heterocycles. The van der Waals surface area contributed by atoms with Gasteiger partial charge in [0, 0.05) is 37.0 Å². The highest BCUT2D eigenvalue weighted by Crippen LogP contribution is 2.26. The van der Waals surface area contributed by atoms with Crippen LogP contribution in [0.4, 0.5) is 0 Å². The van der Waals surface area contributed by atoms with E-state index in [0.29, 0.717) is 35.4 Å². The van der Waals surface area contributed by atoms with Crippen molar-refractivity contribution >= 4 is 11.8 Å². The summed E-state index contributed by atoms with van der Waals surface area (Å²) in [6.45, 7) is 3.61. The number of nitrogens with one attached hydrogen (secondary N) is 1. The van der Waals surface area contributed by atoms with E-state index in [9.17, 15) is 9.59 Å². The summed E-state index contributed by atoms with van der Waals surface area (Å²) >= 11 is 0. The molecule has 0 unspecified atom stereocenters. The summed E-state index contributed by atoms with van der Waals surface area (Å²) in [7, 11) is 0. The first kappa shape index (κ1) is 22.3. The number of ether oxygens (including phenoxy) is 1. The van der Waals surface area contributed by atoms with Crippen molar-refractivity contribution in [1.29, 1.82) is 0 Å². The lowest BCUT2D eigenvalue weighted by molar-refractivity contribution is -0.137. The van der Waals surface area contributed by atoms with Crippen LogP contribution >= 0.6 is 0 Å². The monoisotopic (exact) mass is 440 g/mol. The molecule has 0 spiro atoms. The fourth-order valence-electron chi connectivity index (χ4n) is 4.46. The fraction of sp³-hybridized carbons (Fsp3) is 0.583. The van der Waals surface area contributed by atoms with Crippen LogP contribution in [0.1, 0.15) is 73.9 Å². The lowest BCUT2D eigenvalue weighted by Crippen LogP contribution is -2.48. The first-order chi connectivity index (χ1) is 15.6. The number of rotatable bonds is 7. The van der Waals surface area contributed by atoms with Crippen molar-refractivity contribution in [3.05, 3.63) is 41.5 Å².